The average molecular weight is 256 g/mol. The van der Waals surface area contributed by atoms with Gasteiger partial charge in [-0.05, 0) is 17.7 Å². The van der Waals surface area contributed by atoms with Crippen LogP contribution in [0.15, 0.2) is 18.2 Å². The smallest absolute Gasteiger partial charge is 0.312 e. The van der Waals surface area contributed by atoms with Gasteiger partial charge in [0, 0.05) is 13.1 Å². The summed E-state index contributed by atoms with van der Waals surface area (Å²) in [6.07, 6.45) is -5.05. The molecule has 16 heavy (non-hydrogen) atoms. The van der Waals surface area contributed by atoms with Crippen molar-refractivity contribution in [1.29, 1.82) is 0 Å². The monoisotopic (exact) mass is 255 g/mol. The zero-order valence-corrected chi connectivity index (χ0v) is 9.00. The minimum Gasteiger partial charge on any atom is -0.312 e. The fraction of sp³-hybridized carbons (Fsp3) is 0.400. The molecule has 6 heteroatoms. The third-order valence-electron chi connectivity index (χ3n) is 1.90. The second-order valence-corrected chi connectivity index (χ2v) is 3.70. The largest absolute Gasteiger partial charge is 0.390 e. The molecular weight excluding hydrogens is 246 g/mol. The molecule has 1 aromatic rings. The van der Waals surface area contributed by atoms with Gasteiger partial charge in [0.2, 0.25) is 0 Å². The molecule has 1 N–H and O–H groups in total. The highest BCUT2D eigenvalue weighted by molar-refractivity contribution is 6.30. The molecule has 0 unspecified atom stereocenters. The lowest BCUT2D eigenvalue weighted by Crippen LogP contribution is -2.21. The molecule has 0 atom stereocenters. The van der Waals surface area contributed by atoms with E-state index < -0.39 is 18.4 Å². The second kappa shape index (κ2) is 5.50. The molecular formula is C10H10ClF4N. The van der Waals surface area contributed by atoms with Gasteiger partial charge in [0.1, 0.15) is 5.82 Å². The van der Waals surface area contributed by atoms with E-state index in [0.29, 0.717) is 5.56 Å². The van der Waals surface area contributed by atoms with Gasteiger partial charge in [-0.25, -0.2) is 4.39 Å². The molecule has 0 heterocycles. The van der Waals surface area contributed by atoms with Gasteiger partial charge in [-0.1, -0.05) is 17.7 Å². The van der Waals surface area contributed by atoms with E-state index >= 15 is 0 Å². The van der Waals surface area contributed by atoms with E-state index in [1.54, 1.807) is 0 Å². The lowest BCUT2D eigenvalue weighted by Gasteiger charge is -2.08. The molecule has 0 aliphatic carbocycles. The molecule has 0 aliphatic heterocycles. The molecule has 90 valence electrons. The van der Waals surface area contributed by atoms with Crippen LogP contribution in [0.5, 0.6) is 0 Å². The van der Waals surface area contributed by atoms with Gasteiger partial charge < -0.3 is 5.32 Å². The molecule has 0 spiro atoms. The van der Waals surface area contributed by atoms with Gasteiger partial charge in [0.05, 0.1) is 11.4 Å². The summed E-state index contributed by atoms with van der Waals surface area (Å²) < 4.78 is 48.1. The highest BCUT2D eigenvalue weighted by Gasteiger charge is 2.25. The zero-order valence-electron chi connectivity index (χ0n) is 8.24. The van der Waals surface area contributed by atoms with E-state index in [0.717, 1.165) is 0 Å². The molecule has 1 rings (SSSR count). The maximum atomic E-state index is 12.7. The quantitative estimate of drug-likeness (QED) is 0.641. The Labute approximate surface area is 95.4 Å². The summed E-state index contributed by atoms with van der Waals surface area (Å²) in [6.45, 7) is 0.0641. The van der Waals surface area contributed by atoms with Crippen molar-refractivity contribution in [3.05, 3.63) is 34.6 Å². The van der Waals surface area contributed by atoms with Crippen LogP contribution in [0, 0.1) is 5.82 Å². The number of alkyl halides is 3. The maximum Gasteiger partial charge on any atom is 0.390 e. The topological polar surface area (TPSA) is 12.0 Å². The summed E-state index contributed by atoms with van der Waals surface area (Å²) >= 11 is 5.52. The Hall–Kier alpha value is -0.810. The van der Waals surface area contributed by atoms with Crippen LogP contribution in [-0.2, 0) is 6.54 Å². The normalized spacial score (nSPS) is 11.8. The number of hydrogen-bond acceptors (Lipinski definition) is 1. The van der Waals surface area contributed by atoms with Crippen LogP contribution >= 0.6 is 11.6 Å². The standard InChI is InChI=1S/C10H10ClF4N/c11-8-5-7(1-2-9(8)12)6-16-4-3-10(13,14)15/h1-2,5,16H,3-4,6H2. The van der Waals surface area contributed by atoms with Gasteiger partial charge in [-0.15, -0.1) is 0 Å². The van der Waals surface area contributed by atoms with Gasteiger partial charge in [-0.3, -0.25) is 0 Å². The average Bonchev–Trinajstić information content (AvgIpc) is 2.17. The highest BCUT2D eigenvalue weighted by atomic mass is 35.5. The van der Waals surface area contributed by atoms with Crippen LogP contribution in [0.3, 0.4) is 0 Å². The van der Waals surface area contributed by atoms with E-state index in [2.05, 4.69) is 5.32 Å². The van der Waals surface area contributed by atoms with E-state index in [1.807, 2.05) is 0 Å². The first-order valence-corrected chi connectivity index (χ1v) is 4.98. The Balaban J connectivity index is 2.35. The van der Waals surface area contributed by atoms with Crippen molar-refractivity contribution in [3.8, 4) is 0 Å². The molecule has 0 aromatic heterocycles. The minimum atomic E-state index is -4.16. The van der Waals surface area contributed by atoms with Gasteiger partial charge in [-0.2, -0.15) is 13.2 Å². The van der Waals surface area contributed by atoms with Gasteiger partial charge in [0.15, 0.2) is 0 Å². The Morgan fingerprint density at radius 2 is 1.94 bits per heavy atom. The Morgan fingerprint density at radius 1 is 1.25 bits per heavy atom. The highest BCUT2D eigenvalue weighted by Crippen LogP contribution is 2.19. The number of hydrogen-bond donors (Lipinski definition) is 1. The maximum absolute atomic E-state index is 12.7. The van der Waals surface area contributed by atoms with Gasteiger partial charge in [0.25, 0.3) is 0 Å². The third kappa shape index (κ3) is 4.81. The molecule has 0 bridgehead atoms. The van der Waals surface area contributed by atoms with E-state index in [9.17, 15) is 17.6 Å². The van der Waals surface area contributed by atoms with Crippen molar-refractivity contribution in [2.45, 2.75) is 19.1 Å². The molecule has 0 saturated carbocycles. The summed E-state index contributed by atoms with van der Waals surface area (Å²) in [4.78, 5) is 0. The van der Waals surface area contributed by atoms with E-state index in [1.165, 1.54) is 18.2 Å². The Bertz CT molecular complexity index is 351. The first-order chi connectivity index (χ1) is 7.38. The minimum absolute atomic E-state index is 0.0323. The number of rotatable bonds is 4. The number of halogens is 5. The SMILES string of the molecule is Fc1ccc(CNCCC(F)(F)F)cc1Cl. The van der Waals surface area contributed by atoms with Crippen molar-refractivity contribution in [1.82, 2.24) is 5.32 Å². The van der Waals surface area contributed by atoms with Crippen molar-refractivity contribution in [3.63, 3.8) is 0 Å². The summed E-state index contributed by atoms with van der Waals surface area (Å²) in [5, 5.41) is 2.57. The summed E-state index contributed by atoms with van der Waals surface area (Å²) in [7, 11) is 0. The van der Waals surface area contributed by atoms with Crippen LogP contribution in [-0.4, -0.2) is 12.7 Å². The summed E-state index contributed by atoms with van der Waals surface area (Å²) in [6, 6.07) is 4.04. The zero-order chi connectivity index (χ0) is 12.2. The van der Waals surface area contributed by atoms with Crippen molar-refractivity contribution in [2.75, 3.05) is 6.54 Å². The van der Waals surface area contributed by atoms with Crippen LogP contribution in [0.2, 0.25) is 5.02 Å². The molecule has 1 aromatic carbocycles. The lowest BCUT2D eigenvalue weighted by atomic mass is 10.2. The molecule has 0 fully saturated rings. The van der Waals surface area contributed by atoms with Crippen LogP contribution in [0.4, 0.5) is 17.6 Å². The fourth-order valence-electron chi connectivity index (χ4n) is 1.11. The molecule has 0 radical (unpaired) electrons. The van der Waals surface area contributed by atoms with Crippen LogP contribution in [0.25, 0.3) is 0 Å². The molecule has 1 nitrogen and oxygen atoms in total. The lowest BCUT2D eigenvalue weighted by molar-refractivity contribution is -0.133. The number of benzene rings is 1. The molecule has 0 amide bonds. The summed E-state index contributed by atoms with van der Waals surface area (Å²) in [5.41, 5.74) is 0.647. The predicted molar refractivity (Wildman–Crippen MR) is 53.8 cm³/mol. The third-order valence-corrected chi connectivity index (χ3v) is 2.19. The Kier molecular flexibility index (Phi) is 4.56. The van der Waals surface area contributed by atoms with E-state index in [-0.39, 0.29) is 18.1 Å². The van der Waals surface area contributed by atoms with Crippen LogP contribution in [0.1, 0.15) is 12.0 Å². The summed E-state index contributed by atoms with van der Waals surface area (Å²) in [5.74, 6) is -0.541. The van der Waals surface area contributed by atoms with Crippen molar-refractivity contribution < 1.29 is 17.6 Å². The van der Waals surface area contributed by atoms with E-state index in [4.69, 9.17) is 11.6 Å². The van der Waals surface area contributed by atoms with Crippen LogP contribution < -0.4 is 5.32 Å². The number of nitrogens with one attached hydrogen (secondary N) is 1. The second-order valence-electron chi connectivity index (χ2n) is 3.29. The molecule has 0 aliphatic rings. The fourth-order valence-corrected chi connectivity index (χ4v) is 1.32. The first kappa shape index (κ1) is 13.3. The van der Waals surface area contributed by atoms with Crippen molar-refractivity contribution in [2.24, 2.45) is 0 Å². The van der Waals surface area contributed by atoms with Crippen molar-refractivity contribution >= 4 is 11.6 Å². The Morgan fingerprint density at radius 3 is 2.50 bits per heavy atom. The van der Waals surface area contributed by atoms with Gasteiger partial charge >= 0.3 is 6.18 Å². The molecule has 0 saturated heterocycles. The first-order valence-electron chi connectivity index (χ1n) is 4.60. The predicted octanol–water partition coefficient (Wildman–Crippen LogP) is 3.52.